The van der Waals surface area contributed by atoms with Crippen molar-refractivity contribution in [1.29, 1.82) is 0 Å². The largest absolute Gasteiger partial charge is 0.464 e. The summed E-state index contributed by atoms with van der Waals surface area (Å²) in [5, 5.41) is 3.22. The van der Waals surface area contributed by atoms with Gasteiger partial charge >= 0.3 is 5.97 Å². The lowest BCUT2D eigenvalue weighted by atomic mass is 10.3. The van der Waals surface area contributed by atoms with Crippen LogP contribution in [0.1, 0.15) is 13.3 Å². The summed E-state index contributed by atoms with van der Waals surface area (Å²) in [6.45, 7) is 1.78. The molecule has 52 valence electrons. The Balaban J connectivity index is 3.97. The number of ether oxygens (including phenoxy) is 1. The average molecular weight is 130 g/mol. The van der Waals surface area contributed by atoms with Gasteiger partial charge in [-0.15, -0.1) is 0 Å². The van der Waals surface area contributed by atoms with E-state index in [2.05, 4.69) is 9.84 Å². The molecule has 0 aliphatic rings. The molecule has 4 heteroatoms. The van der Waals surface area contributed by atoms with Crippen molar-refractivity contribution >= 4 is 11.7 Å². The van der Waals surface area contributed by atoms with Crippen LogP contribution in [0.4, 0.5) is 0 Å². The number of carbonyl (C=O) groups is 1. The highest BCUT2D eigenvalue weighted by Gasteiger charge is 2.06. The third kappa shape index (κ3) is 2.12. The number of methoxy groups -OCH3 is 1. The Morgan fingerprint density at radius 3 is 2.44 bits per heavy atom. The third-order valence-corrected chi connectivity index (χ3v) is 0.912. The van der Waals surface area contributed by atoms with Gasteiger partial charge in [0.05, 0.1) is 7.11 Å². The molecule has 2 N–H and O–H groups in total. The van der Waals surface area contributed by atoms with Crippen molar-refractivity contribution in [3.63, 3.8) is 0 Å². The van der Waals surface area contributed by atoms with Crippen LogP contribution in [-0.4, -0.2) is 18.8 Å². The fourth-order valence-corrected chi connectivity index (χ4v) is 0.406. The maximum Gasteiger partial charge on any atom is 0.354 e. The van der Waals surface area contributed by atoms with E-state index in [0.717, 1.165) is 0 Å². The molecule has 0 unspecified atom stereocenters. The van der Waals surface area contributed by atoms with Gasteiger partial charge in [0, 0.05) is 0 Å². The second kappa shape index (κ2) is 3.88. The van der Waals surface area contributed by atoms with E-state index in [1.165, 1.54) is 7.11 Å². The molecule has 0 radical (unpaired) electrons. The summed E-state index contributed by atoms with van der Waals surface area (Å²) in [5.74, 6) is 4.39. The zero-order valence-electron chi connectivity index (χ0n) is 5.55. The minimum absolute atomic E-state index is 0.262. The maximum atomic E-state index is 10.5. The number of rotatable bonds is 2. The molecule has 0 saturated heterocycles. The highest BCUT2D eigenvalue weighted by atomic mass is 16.5. The van der Waals surface area contributed by atoms with Gasteiger partial charge in [-0.25, -0.2) is 4.79 Å². The monoisotopic (exact) mass is 130 g/mol. The first-order valence-corrected chi connectivity index (χ1v) is 2.61. The number of hydrazone groups is 1. The Morgan fingerprint density at radius 1 is 1.78 bits per heavy atom. The van der Waals surface area contributed by atoms with E-state index in [9.17, 15) is 4.79 Å². The van der Waals surface area contributed by atoms with E-state index in [4.69, 9.17) is 5.84 Å². The van der Waals surface area contributed by atoms with E-state index in [0.29, 0.717) is 6.42 Å². The average Bonchev–Trinajstić information content (AvgIpc) is 1.90. The van der Waals surface area contributed by atoms with Gasteiger partial charge in [0.15, 0.2) is 0 Å². The van der Waals surface area contributed by atoms with Crippen LogP contribution in [0.5, 0.6) is 0 Å². The first-order valence-electron chi connectivity index (χ1n) is 2.61. The summed E-state index contributed by atoms with van der Waals surface area (Å²) in [6.07, 6.45) is 0.503. The number of hydrogen-bond donors (Lipinski definition) is 1. The van der Waals surface area contributed by atoms with Crippen LogP contribution in [0.2, 0.25) is 0 Å². The van der Waals surface area contributed by atoms with E-state index in [1.54, 1.807) is 6.92 Å². The third-order valence-electron chi connectivity index (χ3n) is 0.912. The van der Waals surface area contributed by atoms with Crippen LogP contribution in [0, 0.1) is 0 Å². The van der Waals surface area contributed by atoms with Crippen molar-refractivity contribution in [2.45, 2.75) is 13.3 Å². The predicted molar refractivity (Wildman–Crippen MR) is 33.9 cm³/mol. The van der Waals surface area contributed by atoms with Gasteiger partial charge in [-0.05, 0) is 6.42 Å². The Kier molecular flexibility index (Phi) is 3.43. The predicted octanol–water partition coefficient (Wildman–Crippen LogP) is -0.116. The minimum Gasteiger partial charge on any atom is -0.464 e. The van der Waals surface area contributed by atoms with Crippen LogP contribution < -0.4 is 5.84 Å². The first-order chi connectivity index (χ1) is 4.26. The lowest BCUT2D eigenvalue weighted by Crippen LogP contribution is -2.16. The molecule has 0 aromatic carbocycles. The van der Waals surface area contributed by atoms with Gasteiger partial charge in [0.1, 0.15) is 5.71 Å². The normalized spacial score (nSPS) is 11.1. The van der Waals surface area contributed by atoms with E-state index in [-0.39, 0.29) is 5.71 Å². The van der Waals surface area contributed by atoms with Crippen molar-refractivity contribution in [3.8, 4) is 0 Å². The molecule has 0 aromatic heterocycles. The summed E-state index contributed by atoms with van der Waals surface area (Å²) in [4.78, 5) is 10.5. The van der Waals surface area contributed by atoms with Gasteiger partial charge in [-0.2, -0.15) is 5.10 Å². The smallest absolute Gasteiger partial charge is 0.354 e. The fourth-order valence-electron chi connectivity index (χ4n) is 0.406. The highest BCUT2D eigenvalue weighted by molar-refractivity contribution is 6.36. The lowest BCUT2D eigenvalue weighted by Gasteiger charge is -1.96. The molecular weight excluding hydrogens is 120 g/mol. The number of nitrogens with zero attached hydrogens (tertiary/aromatic N) is 1. The summed E-state index contributed by atoms with van der Waals surface area (Å²) in [5.41, 5.74) is 0.262. The molecule has 0 aliphatic heterocycles. The molecule has 0 rings (SSSR count). The highest BCUT2D eigenvalue weighted by Crippen LogP contribution is 1.85. The SMILES string of the molecule is CC/C(=N/N)C(=O)OC. The summed E-state index contributed by atoms with van der Waals surface area (Å²) in [7, 11) is 1.29. The molecule has 0 amide bonds. The van der Waals surface area contributed by atoms with E-state index in [1.807, 2.05) is 0 Å². The molecule has 0 atom stereocenters. The second-order valence-electron chi connectivity index (χ2n) is 1.42. The number of nitrogens with two attached hydrogens (primary N) is 1. The van der Waals surface area contributed by atoms with Crippen molar-refractivity contribution < 1.29 is 9.53 Å². The van der Waals surface area contributed by atoms with Gasteiger partial charge in [0.25, 0.3) is 0 Å². The van der Waals surface area contributed by atoms with Crippen molar-refractivity contribution in [1.82, 2.24) is 0 Å². The fraction of sp³-hybridized carbons (Fsp3) is 0.600. The van der Waals surface area contributed by atoms with Crippen molar-refractivity contribution in [2.24, 2.45) is 10.9 Å². The Labute approximate surface area is 53.7 Å². The van der Waals surface area contributed by atoms with Gasteiger partial charge in [-0.1, -0.05) is 6.92 Å². The van der Waals surface area contributed by atoms with Crippen LogP contribution in [0.15, 0.2) is 5.10 Å². The molecular formula is C5H10N2O2. The molecule has 0 aromatic rings. The molecule has 0 heterocycles. The standard InChI is InChI=1S/C5H10N2O2/c1-3-4(7-6)5(8)9-2/h3,6H2,1-2H3/b7-4-. The second-order valence-corrected chi connectivity index (χ2v) is 1.42. The first kappa shape index (κ1) is 7.94. The maximum absolute atomic E-state index is 10.5. The summed E-state index contributed by atoms with van der Waals surface area (Å²) < 4.78 is 4.34. The molecule has 4 nitrogen and oxygen atoms in total. The quantitative estimate of drug-likeness (QED) is 0.245. The lowest BCUT2D eigenvalue weighted by molar-refractivity contribution is -0.132. The van der Waals surface area contributed by atoms with Crippen LogP contribution in [0.3, 0.4) is 0 Å². The Bertz CT molecular complexity index is 131. The summed E-state index contributed by atoms with van der Waals surface area (Å²) in [6, 6.07) is 0. The van der Waals surface area contributed by atoms with Crippen molar-refractivity contribution in [2.75, 3.05) is 7.11 Å². The topological polar surface area (TPSA) is 64.7 Å². The van der Waals surface area contributed by atoms with Crippen LogP contribution in [-0.2, 0) is 9.53 Å². The molecule has 0 saturated carbocycles. The van der Waals surface area contributed by atoms with E-state index < -0.39 is 5.97 Å². The zero-order valence-corrected chi connectivity index (χ0v) is 5.55. The van der Waals surface area contributed by atoms with Crippen LogP contribution in [0.25, 0.3) is 0 Å². The molecule has 9 heavy (non-hydrogen) atoms. The van der Waals surface area contributed by atoms with Gasteiger partial charge in [-0.3, -0.25) is 0 Å². The van der Waals surface area contributed by atoms with Crippen LogP contribution >= 0.6 is 0 Å². The van der Waals surface area contributed by atoms with Crippen molar-refractivity contribution in [3.05, 3.63) is 0 Å². The molecule has 0 bridgehead atoms. The molecule has 0 fully saturated rings. The zero-order chi connectivity index (χ0) is 7.28. The Hall–Kier alpha value is -1.06. The Morgan fingerprint density at radius 2 is 2.33 bits per heavy atom. The van der Waals surface area contributed by atoms with E-state index >= 15 is 0 Å². The number of carbonyl (C=O) groups excluding carboxylic acids is 1. The number of hydrogen-bond acceptors (Lipinski definition) is 4. The summed E-state index contributed by atoms with van der Waals surface area (Å²) >= 11 is 0. The molecule has 0 spiro atoms. The number of esters is 1. The van der Waals surface area contributed by atoms with Gasteiger partial charge in [0.2, 0.25) is 0 Å². The minimum atomic E-state index is -0.458. The van der Waals surface area contributed by atoms with Gasteiger partial charge < -0.3 is 10.6 Å². The molecule has 0 aliphatic carbocycles.